The van der Waals surface area contributed by atoms with E-state index in [1.54, 1.807) is 6.07 Å². The molecule has 6 heteroatoms. The molecule has 1 aliphatic carbocycles. The normalized spacial score (nSPS) is 22.3. The third-order valence-electron chi connectivity index (χ3n) is 2.96. The van der Waals surface area contributed by atoms with Crippen LogP contribution in [0.2, 0.25) is 0 Å². The lowest BCUT2D eigenvalue weighted by atomic mass is 10.0. The lowest BCUT2D eigenvalue weighted by molar-refractivity contribution is 0.0999. The van der Waals surface area contributed by atoms with Gasteiger partial charge in [-0.05, 0) is 40.2 Å². The average molecular weight is 307 g/mol. The second-order valence-electron chi connectivity index (χ2n) is 4.09. The number of nitrogens with zero attached hydrogens (tertiary/aromatic N) is 2. The molecule has 4 N–H and O–H groups in total. The van der Waals surface area contributed by atoms with Crippen molar-refractivity contribution >= 4 is 27.4 Å². The van der Waals surface area contributed by atoms with Gasteiger partial charge in [-0.2, -0.15) is 5.26 Å². The van der Waals surface area contributed by atoms with Gasteiger partial charge in [0.15, 0.2) is 0 Å². The van der Waals surface area contributed by atoms with Crippen LogP contribution in [0.4, 0.5) is 0 Å². The molecule has 0 spiro atoms. The van der Waals surface area contributed by atoms with Crippen LogP contribution < -0.4 is 11.5 Å². The zero-order valence-corrected chi connectivity index (χ0v) is 11.0. The lowest BCUT2D eigenvalue weighted by Gasteiger charge is -2.09. The van der Waals surface area contributed by atoms with Crippen LogP contribution in [0.1, 0.15) is 22.5 Å². The molecule has 2 unspecified atom stereocenters. The number of carbonyl (C=O) groups is 1. The summed E-state index contributed by atoms with van der Waals surface area (Å²) in [6.07, 6.45) is 3.72. The van der Waals surface area contributed by atoms with E-state index in [0.717, 1.165) is 12.0 Å². The Morgan fingerprint density at radius 2 is 2.39 bits per heavy atom. The number of primary amides is 1. The molecule has 92 valence electrons. The third kappa shape index (κ3) is 2.09. The van der Waals surface area contributed by atoms with E-state index in [2.05, 4.69) is 27.0 Å². The Morgan fingerprint density at radius 1 is 1.67 bits per heavy atom. The van der Waals surface area contributed by atoms with Crippen LogP contribution >= 0.6 is 15.9 Å². The molecule has 2 atom stereocenters. The largest absolute Gasteiger partial charge is 0.404 e. The predicted octanol–water partition coefficient (Wildman–Crippen LogP) is 1.40. The van der Waals surface area contributed by atoms with Gasteiger partial charge >= 0.3 is 0 Å². The number of allylic oxidation sites excluding steroid dienone is 1. The van der Waals surface area contributed by atoms with E-state index in [0.29, 0.717) is 15.7 Å². The number of hydrogen-bond acceptors (Lipinski definition) is 4. The van der Waals surface area contributed by atoms with Crippen molar-refractivity contribution in [2.24, 2.45) is 23.3 Å². The first-order valence-corrected chi connectivity index (χ1v) is 6.15. The number of carbonyl (C=O) groups excluding carboxylic acids is 1. The maximum atomic E-state index is 11.3. The molecule has 0 bridgehead atoms. The van der Waals surface area contributed by atoms with Crippen LogP contribution in [0.3, 0.4) is 0 Å². The maximum absolute atomic E-state index is 11.3. The smallest absolute Gasteiger partial charge is 0.249 e. The van der Waals surface area contributed by atoms with E-state index in [1.807, 2.05) is 0 Å². The third-order valence-corrected chi connectivity index (χ3v) is 3.77. The second kappa shape index (κ2) is 4.78. The summed E-state index contributed by atoms with van der Waals surface area (Å²) >= 11 is 3.32. The minimum atomic E-state index is -0.533. The lowest BCUT2D eigenvalue weighted by Crippen LogP contribution is -2.13. The Bertz CT molecular complexity index is 576. The van der Waals surface area contributed by atoms with Gasteiger partial charge in [0.25, 0.3) is 0 Å². The Hall–Kier alpha value is -1.87. The number of halogens is 1. The highest BCUT2D eigenvalue weighted by molar-refractivity contribution is 9.10. The van der Waals surface area contributed by atoms with Crippen molar-refractivity contribution in [3.8, 4) is 6.07 Å². The summed E-state index contributed by atoms with van der Waals surface area (Å²) in [5, 5.41) is 8.86. The summed E-state index contributed by atoms with van der Waals surface area (Å²) in [7, 11) is 0. The topological polar surface area (TPSA) is 106 Å². The molecule has 1 fully saturated rings. The SMILES string of the molecule is N#CC1CC1C(=CN)c1nccc(C(N)=O)c1Br. The zero-order chi connectivity index (χ0) is 13.3. The first-order chi connectivity index (χ1) is 8.60. The summed E-state index contributed by atoms with van der Waals surface area (Å²) in [6.45, 7) is 0. The van der Waals surface area contributed by atoms with Crippen LogP contribution in [0.15, 0.2) is 22.9 Å². The molecule has 1 heterocycles. The van der Waals surface area contributed by atoms with Crippen molar-refractivity contribution < 1.29 is 4.79 Å². The number of nitrogens with two attached hydrogens (primary N) is 2. The number of amides is 1. The van der Waals surface area contributed by atoms with Crippen molar-refractivity contribution in [3.05, 3.63) is 34.2 Å². The molecule has 1 aromatic rings. The minimum Gasteiger partial charge on any atom is -0.404 e. The molecular formula is C12H11BrN4O. The molecule has 1 amide bonds. The van der Waals surface area contributed by atoms with E-state index in [-0.39, 0.29) is 11.8 Å². The van der Waals surface area contributed by atoms with Crippen molar-refractivity contribution in [1.82, 2.24) is 4.98 Å². The molecule has 0 aliphatic heterocycles. The summed E-state index contributed by atoms with van der Waals surface area (Å²) in [4.78, 5) is 15.5. The average Bonchev–Trinajstić information content (AvgIpc) is 3.11. The van der Waals surface area contributed by atoms with Gasteiger partial charge in [0, 0.05) is 12.1 Å². The molecule has 1 aromatic heterocycles. The van der Waals surface area contributed by atoms with Crippen LogP contribution in [0.5, 0.6) is 0 Å². The van der Waals surface area contributed by atoms with Gasteiger partial charge in [-0.3, -0.25) is 9.78 Å². The Kier molecular flexibility index (Phi) is 3.34. The van der Waals surface area contributed by atoms with Crippen LogP contribution in [0, 0.1) is 23.2 Å². The molecule has 0 saturated heterocycles. The molecule has 1 saturated carbocycles. The summed E-state index contributed by atoms with van der Waals surface area (Å²) in [5.74, 6) is -0.466. The van der Waals surface area contributed by atoms with Gasteiger partial charge in [-0.1, -0.05) is 0 Å². The van der Waals surface area contributed by atoms with Gasteiger partial charge in [-0.15, -0.1) is 0 Å². The fourth-order valence-corrected chi connectivity index (χ4v) is 2.55. The highest BCUT2D eigenvalue weighted by Crippen LogP contribution is 2.48. The Morgan fingerprint density at radius 3 is 2.89 bits per heavy atom. The van der Waals surface area contributed by atoms with E-state index >= 15 is 0 Å². The number of nitriles is 1. The number of hydrogen-bond donors (Lipinski definition) is 2. The number of aromatic nitrogens is 1. The first-order valence-electron chi connectivity index (χ1n) is 5.36. The fourth-order valence-electron chi connectivity index (χ4n) is 1.89. The number of rotatable bonds is 3. The Labute approximate surface area is 113 Å². The van der Waals surface area contributed by atoms with Gasteiger partial charge in [0.1, 0.15) is 0 Å². The second-order valence-corrected chi connectivity index (χ2v) is 4.88. The van der Waals surface area contributed by atoms with Crippen molar-refractivity contribution in [3.63, 3.8) is 0 Å². The monoisotopic (exact) mass is 306 g/mol. The maximum Gasteiger partial charge on any atom is 0.249 e. The van der Waals surface area contributed by atoms with E-state index in [4.69, 9.17) is 16.7 Å². The van der Waals surface area contributed by atoms with Crippen LogP contribution in [-0.2, 0) is 0 Å². The molecule has 18 heavy (non-hydrogen) atoms. The van der Waals surface area contributed by atoms with Crippen molar-refractivity contribution in [2.45, 2.75) is 6.42 Å². The molecule has 2 rings (SSSR count). The van der Waals surface area contributed by atoms with E-state index in [9.17, 15) is 4.79 Å². The summed E-state index contributed by atoms with van der Waals surface area (Å²) in [5.41, 5.74) is 12.6. The van der Waals surface area contributed by atoms with Gasteiger partial charge in [0.05, 0.1) is 27.7 Å². The first kappa shape index (κ1) is 12.6. The molecule has 0 radical (unpaired) electrons. The van der Waals surface area contributed by atoms with Crippen LogP contribution in [0.25, 0.3) is 5.57 Å². The van der Waals surface area contributed by atoms with Gasteiger partial charge in [0.2, 0.25) is 5.91 Å². The molecule has 5 nitrogen and oxygen atoms in total. The molecule has 0 aromatic carbocycles. The predicted molar refractivity (Wildman–Crippen MR) is 69.8 cm³/mol. The summed E-state index contributed by atoms with van der Waals surface area (Å²) in [6, 6.07) is 3.74. The van der Waals surface area contributed by atoms with Crippen molar-refractivity contribution in [2.75, 3.05) is 0 Å². The highest BCUT2D eigenvalue weighted by atomic mass is 79.9. The molecular weight excluding hydrogens is 296 g/mol. The summed E-state index contributed by atoms with van der Waals surface area (Å²) < 4.78 is 0.526. The highest BCUT2D eigenvalue weighted by Gasteiger charge is 2.41. The Balaban J connectivity index is 2.42. The molecule has 1 aliphatic rings. The minimum absolute atomic E-state index is 0.0225. The van der Waals surface area contributed by atoms with E-state index in [1.165, 1.54) is 12.4 Å². The van der Waals surface area contributed by atoms with Crippen LogP contribution in [-0.4, -0.2) is 10.9 Å². The fraction of sp³-hybridized carbons (Fsp3) is 0.250. The van der Waals surface area contributed by atoms with Gasteiger partial charge < -0.3 is 11.5 Å². The zero-order valence-electron chi connectivity index (χ0n) is 9.43. The van der Waals surface area contributed by atoms with E-state index < -0.39 is 5.91 Å². The number of pyridine rings is 1. The standard InChI is InChI=1S/C12H11BrN4O/c13-10-7(12(16)18)1-2-17-11(10)9(5-15)8-3-6(8)4-14/h1-2,5-6,8H,3,15H2,(H2,16,18). The quantitative estimate of drug-likeness (QED) is 0.880. The van der Waals surface area contributed by atoms with Gasteiger partial charge in [-0.25, -0.2) is 0 Å². The van der Waals surface area contributed by atoms with Crippen molar-refractivity contribution in [1.29, 1.82) is 5.26 Å².